The number of benzene rings is 1. The molecule has 0 aromatic heterocycles. The summed E-state index contributed by atoms with van der Waals surface area (Å²) in [7, 11) is -3.83. The Kier molecular flexibility index (Phi) is 5.33. The SMILES string of the molecule is NCC(F)(F)CNC(=O)C1CCCN1S(=O)(=O)c1ccccc1. The Morgan fingerprint density at radius 1 is 1.35 bits per heavy atom. The summed E-state index contributed by atoms with van der Waals surface area (Å²) in [6.07, 6.45) is 0.795. The van der Waals surface area contributed by atoms with E-state index in [9.17, 15) is 22.0 Å². The quantitative estimate of drug-likeness (QED) is 0.786. The van der Waals surface area contributed by atoms with Crippen molar-refractivity contribution in [2.24, 2.45) is 5.73 Å². The van der Waals surface area contributed by atoms with Gasteiger partial charge in [-0.1, -0.05) is 18.2 Å². The number of hydrogen-bond acceptors (Lipinski definition) is 4. The highest BCUT2D eigenvalue weighted by molar-refractivity contribution is 7.89. The van der Waals surface area contributed by atoms with Gasteiger partial charge in [-0.25, -0.2) is 17.2 Å². The fourth-order valence-corrected chi connectivity index (χ4v) is 4.10. The van der Waals surface area contributed by atoms with E-state index in [0.717, 1.165) is 4.31 Å². The van der Waals surface area contributed by atoms with Gasteiger partial charge in [0, 0.05) is 6.54 Å². The largest absolute Gasteiger partial charge is 0.349 e. The van der Waals surface area contributed by atoms with Gasteiger partial charge in [-0.05, 0) is 25.0 Å². The molecule has 3 N–H and O–H groups in total. The first-order valence-corrected chi connectivity index (χ1v) is 8.64. The standard InChI is InChI=1S/C14H19F2N3O3S/c15-14(16,9-17)10-18-13(20)12-7-4-8-19(12)23(21,22)11-5-2-1-3-6-11/h1-3,5-6,12H,4,7-10,17H2,(H,18,20). The Balaban J connectivity index is 2.13. The fourth-order valence-electron chi connectivity index (χ4n) is 2.42. The number of carbonyl (C=O) groups excluding carboxylic acids is 1. The minimum atomic E-state index is -3.83. The number of halogens is 2. The number of carbonyl (C=O) groups is 1. The van der Waals surface area contributed by atoms with Gasteiger partial charge in [-0.2, -0.15) is 4.31 Å². The number of nitrogens with one attached hydrogen (secondary N) is 1. The zero-order valence-corrected chi connectivity index (χ0v) is 13.2. The van der Waals surface area contributed by atoms with Crippen molar-refractivity contribution in [3.63, 3.8) is 0 Å². The number of nitrogens with two attached hydrogens (primary N) is 1. The van der Waals surface area contributed by atoms with Gasteiger partial charge in [-0.15, -0.1) is 0 Å². The summed E-state index contributed by atoms with van der Waals surface area (Å²) in [5.41, 5.74) is 4.91. The topological polar surface area (TPSA) is 92.5 Å². The van der Waals surface area contributed by atoms with Gasteiger partial charge >= 0.3 is 0 Å². The van der Waals surface area contributed by atoms with Crippen molar-refractivity contribution in [3.8, 4) is 0 Å². The van der Waals surface area contributed by atoms with Crippen molar-refractivity contribution in [2.75, 3.05) is 19.6 Å². The first-order valence-electron chi connectivity index (χ1n) is 7.20. The van der Waals surface area contributed by atoms with Crippen molar-refractivity contribution < 1.29 is 22.0 Å². The molecule has 1 saturated heterocycles. The Hall–Kier alpha value is -1.58. The van der Waals surface area contributed by atoms with Crippen LogP contribution in [-0.2, 0) is 14.8 Å². The average molecular weight is 347 g/mol. The Morgan fingerprint density at radius 3 is 2.61 bits per heavy atom. The van der Waals surface area contributed by atoms with Gasteiger partial charge in [0.1, 0.15) is 6.04 Å². The summed E-state index contributed by atoms with van der Waals surface area (Å²) < 4.78 is 52.5. The lowest BCUT2D eigenvalue weighted by Gasteiger charge is -2.24. The normalized spacial score (nSPS) is 19.7. The highest BCUT2D eigenvalue weighted by Crippen LogP contribution is 2.26. The molecular weight excluding hydrogens is 328 g/mol. The molecule has 1 aromatic carbocycles. The van der Waals surface area contributed by atoms with Crippen LogP contribution in [0.4, 0.5) is 8.78 Å². The van der Waals surface area contributed by atoms with E-state index in [4.69, 9.17) is 5.73 Å². The molecule has 1 aliphatic heterocycles. The average Bonchev–Trinajstić information content (AvgIpc) is 3.04. The maximum Gasteiger partial charge on any atom is 0.277 e. The third-order valence-corrected chi connectivity index (χ3v) is 5.60. The number of sulfonamides is 1. The van der Waals surface area contributed by atoms with Gasteiger partial charge in [-0.3, -0.25) is 4.79 Å². The second kappa shape index (κ2) is 6.90. The minimum absolute atomic E-state index is 0.0759. The highest BCUT2D eigenvalue weighted by Gasteiger charge is 2.40. The summed E-state index contributed by atoms with van der Waals surface area (Å²) in [5, 5.41) is 2.09. The molecule has 0 saturated carbocycles. The number of amides is 1. The van der Waals surface area contributed by atoms with Crippen LogP contribution in [0.25, 0.3) is 0 Å². The van der Waals surface area contributed by atoms with Crippen LogP contribution >= 0.6 is 0 Å². The fraction of sp³-hybridized carbons (Fsp3) is 0.500. The molecule has 23 heavy (non-hydrogen) atoms. The van der Waals surface area contributed by atoms with E-state index in [2.05, 4.69) is 5.32 Å². The third kappa shape index (κ3) is 4.04. The van der Waals surface area contributed by atoms with Crippen molar-refractivity contribution in [2.45, 2.75) is 29.7 Å². The Bertz CT molecular complexity index is 652. The number of nitrogens with zero attached hydrogens (tertiary/aromatic N) is 1. The molecule has 0 aliphatic carbocycles. The van der Waals surface area contributed by atoms with Gasteiger partial charge in [0.2, 0.25) is 15.9 Å². The lowest BCUT2D eigenvalue weighted by Crippen LogP contribution is -2.49. The van der Waals surface area contributed by atoms with E-state index in [1.54, 1.807) is 18.2 Å². The van der Waals surface area contributed by atoms with E-state index in [0.29, 0.717) is 12.8 Å². The van der Waals surface area contributed by atoms with E-state index in [1.807, 2.05) is 0 Å². The zero-order chi connectivity index (χ0) is 17.1. The molecule has 1 fully saturated rings. The molecular formula is C14H19F2N3O3S. The first kappa shape index (κ1) is 17.8. The zero-order valence-electron chi connectivity index (χ0n) is 12.4. The molecule has 0 bridgehead atoms. The smallest absolute Gasteiger partial charge is 0.277 e. The second-order valence-electron chi connectivity index (χ2n) is 5.36. The van der Waals surface area contributed by atoms with Gasteiger partial charge in [0.15, 0.2) is 0 Å². The summed E-state index contributed by atoms with van der Waals surface area (Å²) in [6, 6.07) is 6.74. The second-order valence-corrected chi connectivity index (χ2v) is 7.26. The summed E-state index contributed by atoms with van der Waals surface area (Å²) >= 11 is 0. The molecule has 1 atom stereocenters. The van der Waals surface area contributed by atoms with Crippen LogP contribution in [-0.4, -0.2) is 50.2 Å². The van der Waals surface area contributed by atoms with Gasteiger partial charge in [0.05, 0.1) is 18.0 Å². The number of alkyl halides is 2. The maximum absolute atomic E-state index is 13.1. The van der Waals surface area contributed by atoms with Crippen LogP contribution < -0.4 is 11.1 Å². The lowest BCUT2D eigenvalue weighted by molar-refractivity contribution is -0.126. The molecule has 9 heteroatoms. The van der Waals surface area contributed by atoms with E-state index < -0.39 is 41.0 Å². The Morgan fingerprint density at radius 2 is 2.00 bits per heavy atom. The monoisotopic (exact) mass is 347 g/mol. The highest BCUT2D eigenvalue weighted by atomic mass is 32.2. The number of rotatable bonds is 6. The molecule has 2 rings (SSSR count). The summed E-state index contributed by atoms with van der Waals surface area (Å²) in [5.74, 6) is -3.94. The van der Waals surface area contributed by atoms with Crippen LogP contribution in [0.15, 0.2) is 35.2 Å². The molecule has 1 unspecified atom stereocenters. The molecule has 128 valence electrons. The van der Waals surface area contributed by atoms with E-state index in [-0.39, 0.29) is 11.4 Å². The summed E-state index contributed by atoms with van der Waals surface area (Å²) in [4.78, 5) is 12.2. The van der Waals surface area contributed by atoms with Crippen molar-refractivity contribution in [3.05, 3.63) is 30.3 Å². The van der Waals surface area contributed by atoms with Crippen LogP contribution in [0.2, 0.25) is 0 Å². The predicted octanol–water partition coefficient (Wildman–Crippen LogP) is 0.550. The van der Waals surface area contributed by atoms with Crippen LogP contribution in [0.1, 0.15) is 12.8 Å². The van der Waals surface area contributed by atoms with Gasteiger partial charge in [0.25, 0.3) is 5.92 Å². The molecule has 1 amide bonds. The number of hydrogen-bond donors (Lipinski definition) is 2. The Labute approximate surface area is 133 Å². The maximum atomic E-state index is 13.1. The lowest BCUT2D eigenvalue weighted by atomic mass is 10.2. The molecule has 0 radical (unpaired) electrons. The van der Waals surface area contributed by atoms with Crippen LogP contribution in [0, 0.1) is 0 Å². The van der Waals surface area contributed by atoms with E-state index in [1.165, 1.54) is 12.1 Å². The van der Waals surface area contributed by atoms with Crippen LogP contribution in [0.3, 0.4) is 0 Å². The molecule has 1 aromatic rings. The van der Waals surface area contributed by atoms with Gasteiger partial charge < -0.3 is 11.1 Å². The predicted molar refractivity (Wildman–Crippen MR) is 80.4 cm³/mol. The minimum Gasteiger partial charge on any atom is -0.349 e. The molecule has 1 aliphatic rings. The van der Waals surface area contributed by atoms with E-state index >= 15 is 0 Å². The van der Waals surface area contributed by atoms with Crippen molar-refractivity contribution in [1.82, 2.24) is 9.62 Å². The molecule has 1 heterocycles. The van der Waals surface area contributed by atoms with Crippen LogP contribution in [0.5, 0.6) is 0 Å². The van der Waals surface area contributed by atoms with Crippen molar-refractivity contribution >= 4 is 15.9 Å². The molecule has 0 spiro atoms. The third-order valence-electron chi connectivity index (χ3n) is 3.68. The summed E-state index contributed by atoms with van der Waals surface area (Å²) in [6.45, 7) is -1.61. The first-order chi connectivity index (χ1) is 10.8. The molecule has 6 nitrogen and oxygen atoms in total. The van der Waals surface area contributed by atoms with Crippen molar-refractivity contribution in [1.29, 1.82) is 0 Å².